The van der Waals surface area contributed by atoms with Crippen LogP contribution in [-0.4, -0.2) is 25.0 Å². The second-order valence-electron chi connectivity index (χ2n) is 6.49. The second-order valence-corrected chi connectivity index (χ2v) is 8.37. The van der Waals surface area contributed by atoms with Crippen LogP contribution in [0.4, 0.5) is 13.2 Å². The fourth-order valence-electron chi connectivity index (χ4n) is 2.94. The molecular formula is C20H20F3N3O2S. The first-order valence-electron chi connectivity index (χ1n) is 8.89. The highest BCUT2D eigenvalue weighted by Crippen LogP contribution is 2.31. The van der Waals surface area contributed by atoms with Crippen LogP contribution in [0, 0.1) is 0 Å². The van der Waals surface area contributed by atoms with Gasteiger partial charge in [0.05, 0.1) is 22.5 Å². The SMILES string of the molecule is CCn1cnc(-c2cc(S(=O)(=O)NC)ccc2Cc2ccc(C(F)(F)F)cc2)c1. The molecule has 2 aromatic carbocycles. The van der Waals surface area contributed by atoms with Gasteiger partial charge in [0.2, 0.25) is 10.0 Å². The smallest absolute Gasteiger partial charge is 0.337 e. The third kappa shape index (κ3) is 4.68. The van der Waals surface area contributed by atoms with Crippen molar-refractivity contribution in [2.45, 2.75) is 31.0 Å². The van der Waals surface area contributed by atoms with Crippen molar-refractivity contribution in [3.05, 3.63) is 71.7 Å². The lowest BCUT2D eigenvalue weighted by atomic mass is 9.97. The molecule has 0 bridgehead atoms. The average molecular weight is 423 g/mol. The third-order valence-electron chi connectivity index (χ3n) is 4.61. The summed E-state index contributed by atoms with van der Waals surface area (Å²) in [5.74, 6) is 0. The normalized spacial score (nSPS) is 12.3. The maximum Gasteiger partial charge on any atom is 0.416 e. The van der Waals surface area contributed by atoms with Crippen LogP contribution in [0.15, 0.2) is 59.9 Å². The Labute approximate surface area is 167 Å². The summed E-state index contributed by atoms with van der Waals surface area (Å²) in [6, 6.07) is 9.62. The van der Waals surface area contributed by atoms with Gasteiger partial charge >= 0.3 is 6.18 Å². The quantitative estimate of drug-likeness (QED) is 0.650. The molecule has 0 saturated heterocycles. The number of hydrogen-bond acceptors (Lipinski definition) is 3. The highest BCUT2D eigenvalue weighted by Gasteiger charge is 2.30. The van der Waals surface area contributed by atoms with Crippen LogP contribution in [0.1, 0.15) is 23.6 Å². The highest BCUT2D eigenvalue weighted by molar-refractivity contribution is 7.89. The first kappa shape index (κ1) is 21.1. The van der Waals surface area contributed by atoms with E-state index in [4.69, 9.17) is 0 Å². The molecule has 0 aliphatic rings. The fraction of sp³-hybridized carbons (Fsp3) is 0.250. The Morgan fingerprint density at radius 2 is 1.79 bits per heavy atom. The van der Waals surface area contributed by atoms with Crippen molar-refractivity contribution < 1.29 is 21.6 Å². The summed E-state index contributed by atoms with van der Waals surface area (Å²) in [5.41, 5.74) is 1.95. The molecule has 0 radical (unpaired) electrons. The van der Waals surface area contributed by atoms with Gasteiger partial charge in [0.25, 0.3) is 0 Å². The molecule has 1 aromatic heterocycles. The zero-order valence-electron chi connectivity index (χ0n) is 15.9. The van der Waals surface area contributed by atoms with Gasteiger partial charge in [0, 0.05) is 18.3 Å². The van der Waals surface area contributed by atoms with Crippen LogP contribution in [-0.2, 0) is 29.2 Å². The minimum Gasteiger partial charge on any atom is -0.337 e. The Kier molecular flexibility index (Phi) is 5.81. The van der Waals surface area contributed by atoms with Gasteiger partial charge in [-0.15, -0.1) is 0 Å². The molecule has 0 atom stereocenters. The largest absolute Gasteiger partial charge is 0.416 e. The van der Waals surface area contributed by atoms with Crippen molar-refractivity contribution in [1.29, 1.82) is 0 Å². The van der Waals surface area contributed by atoms with Crippen molar-refractivity contribution >= 4 is 10.0 Å². The number of sulfonamides is 1. The van der Waals surface area contributed by atoms with E-state index in [-0.39, 0.29) is 4.90 Å². The van der Waals surface area contributed by atoms with Gasteiger partial charge in [-0.05, 0) is 55.8 Å². The molecule has 0 aliphatic carbocycles. The lowest BCUT2D eigenvalue weighted by Gasteiger charge is -2.12. The number of halogens is 3. The van der Waals surface area contributed by atoms with Gasteiger partial charge in [-0.2, -0.15) is 13.2 Å². The topological polar surface area (TPSA) is 64.0 Å². The molecule has 0 saturated carbocycles. The zero-order valence-corrected chi connectivity index (χ0v) is 16.7. The summed E-state index contributed by atoms with van der Waals surface area (Å²) in [5, 5.41) is 0. The molecule has 0 unspecified atom stereocenters. The average Bonchev–Trinajstić information content (AvgIpc) is 3.17. The van der Waals surface area contributed by atoms with Crippen LogP contribution < -0.4 is 4.72 Å². The number of rotatable bonds is 6. The number of aryl methyl sites for hydroxylation is 1. The minimum absolute atomic E-state index is 0.0946. The van der Waals surface area contributed by atoms with Gasteiger partial charge in [-0.25, -0.2) is 18.1 Å². The molecule has 0 spiro atoms. The highest BCUT2D eigenvalue weighted by atomic mass is 32.2. The Morgan fingerprint density at radius 3 is 2.34 bits per heavy atom. The van der Waals surface area contributed by atoms with E-state index >= 15 is 0 Å². The maximum atomic E-state index is 12.8. The van der Waals surface area contributed by atoms with Crippen LogP contribution in [0.5, 0.6) is 0 Å². The number of hydrogen-bond donors (Lipinski definition) is 1. The molecule has 1 N–H and O–H groups in total. The Morgan fingerprint density at radius 1 is 1.10 bits per heavy atom. The van der Waals surface area contributed by atoms with E-state index in [1.54, 1.807) is 18.6 Å². The lowest BCUT2D eigenvalue weighted by Crippen LogP contribution is -2.18. The van der Waals surface area contributed by atoms with E-state index < -0.39 is 21.8 Å². The maximum absolute atomic E-state index is 12.8. The molecule has 154 valence electrons. The number of aromatic nitrogens is 2. The minimum atomic E-state index is -4.39. The number of nitrogens with zero attached hydrogens (tertiary/aromatic N) is 2. The standard InChI is InChI=1S/C20H20F3N3O2S/c1-3-26-12-19(25-13-26)18-11-17(29(27,28)24-2)9-6-15(18)10-14-4-7-16(8-5-14)20(21,22)23/h4-9,11-13,24H,3,10H2,1-2H3. The molecule has 0 fully saturated rings. The summed E-state index contributed by atoms with van der Waals surface area (Å²) in [4.78, 5) is 4.45. The van der Waals surface area contributed by atoms with E-state index in [0.717, 1.165) is 17.7 Å². The van der Waals surface area contributed by atoms with Gasteiger partial charge in [-0.1, -0.05) is 18.2 Å². The van der Waals surface area contributed by atoms with E-state index in [2.05, 4.69) is 9.71 Å². The summed E-state index contributed by atoms with van der Waals surface area (Å²) < 4.78 is 66.9. The van der Waals surface area contributed by atoms with Gasteiger partial charge in [-0.3, -0.25) is 0 Å². The van der Waals surface area contributed by atoms with Gasteiger partial charge in [0.15, 0.2) is 0 Å². The van der Waals surface area contributed by atoms with Crippen LogP contribution >= 0.6 is 0 Å². The van der Waals surface area contributed by atoms with E-state index in [1.165, 1.54) is 31.3 Å². The van der Waals surface area contributed by atoms with Gasteiger partial charge < -0.3 is 4.57 Å². The van der Waals surface area contributed by atoms with Crippen LogP contribution in [0.3, 0.4) is 0 Å². The van der Waals surface area contributed by atoms with E-state index in [1.807, 2.05) is 11.5 Å². The number of benzene rings is 2. The van der Waals surface area contributed by atoms with Crippen molar-refractivity contribution in [3.63, 3.8) is 0 Å². The third-order valence-corrected chi connectivity index (χ3v) is 6.02. The van der Waals surface area contributed by atoms with Crippen LogP contribution in [0.2, 0.25) is 0 Å². The van der Waals surface area contributed by atoms with E-state index in [9.17, 15) is 21.6 Å². The summed E-state index contributed by atoms with van der Waals surface area (Å²) in [7, 11) is -2.32. The number of alkyl halides is 3. The Balaban J connectivity index is 2.03. The molecule has 0 aliphatic heterocycles. The Bertz CT molecular complexity index is 1100. The molecule has 29 heavy (non-hydrogen) atoms. The summed E-state index contributed by atoms with van der Waals surface area (Å²) in [6.45, 7) is 2.66. The number of imidazole rings is 1. The predicted molar refractivity (Wildman–Crippen MR) is 104 cm³/mol. The van der Waals surface area contributed by atoms with Crippen molar-refractivity contribution in [1.82, 2.24) is 14.3 Å². The molecule has 3 aromatic rings. The fourth-order valence-corrected chi connectivity index (χ4v) is 3.69. The first-order chi connectivity index (χ1) is 13.6. The Hall–Kier alpha value is -2.65. The van der Waals surface area contributed by atoms with Crippen molar-refractivity contribution in [2.24, 2.45) is 0 Å². The second kappa shape index (κ2) is 8.00. The number of nitrogens with one attached hydrogen (secondary N) is 1. The molecule has 5 nitrogen and oxygen atoms in total. The summed E-state index contributed by atoms with van der Waals surface area (Å²) in [6.07, 6.45) is -0.593. The van der Waals surface area contributed by atoms with Crippen molar-refractivity contribution in [2.75, 3.05) is 7.05 Å². The van der Waals surface area contributed by atoms with E-state index in [0.29, 0.717) is 29.8 Å². The molecular weight excluding hydrogens is 403 g/mol. The lowest BCUT2D eigenvalue weighted by molar-refractivity contribution is -0.137. The first-order valence-corrected chi connectivity index (χ1v) is 10.4. The summed E-state index contributed by atoms with van der Waals surface area (Å²) >= 11 is 0. The monoisotopic (exact) mass is 423 g/mol. The predicted octanol–water partition coefficient (Wildman–Crippen LogP) is 4.09. The van der Waals surface area contributed by atoms with Crippen molar-refractivity contribution in [3.8, 4) is 11.3 Å². The molecule has 1 heterocycles. The molecule has 3 rings (SSSR count). The van der Waals surface area contributed by atoms with Gasteiger partial charge in [0.1, 0.15) is 0 Å². The zero-order chi connectivity index (χ0) is 21.2. The molecule has 0 amide bonds. The molecule has 9 heteroatoms. The van der Waals surface area contributed by atoms with Crippen LogP contribution in [0.25, 0.3) is 11.3 Å².